The van der Waals surface area contributed by atoms with Crippen LogP contribution in [0.4, 0.5) is 4.39 Å². The van der Waals surface area contributed by atoms with Gasteiger partial charge in [0.2, 0.25) is 0 Å². The SMILES string of the molecule is CCOC(=O)C(C)Oc1ccc(F)cc1CNCCOC. The van der Waals surface area contributed by atoms with Gasteiger partial charge in [-0.1, -0.05) is 0 Å². The fraction of sp³-hybridized carbons (Fsp3) is 0.533. The van der Waals surface area contributed by atoms with Crippen LogP contribution in [0.3, 0.4) is 0 Å². The fourth-order valence-electron chi connectivity index (χ4n) is 1.70. The molecule has 5 nitrogen and oxygen atoms in total. The second-order valence-corrected chi connectivity index (χ2v) is 4.43. The van der Waals surface area contributed by atoms with E-state index in [0.717, 1.165) is 0 Å². The van der Waals surface area contributed by atoms with E-state index in [1.54, 1.807) is 21.0 Å². The lowest BCUT2D eigenvalue weighted by Gasteiger charge is -2.16. The van der Waals surface area contributed by atoms with Gasteiger partial charge in [0, 0.05) is 25.8 Å². The van der Waals surface area contributed by atoms with Crippen LogP contribution in [0.25, 0.3) is 0 Å². The number of nitrogens with one attached hydrogen (secondary N) is 1. The molecular formula is C15H22FNO4. The predicted octanol–water partition coefficient (Wildman–Crippen LogP) is 1.89. The molecule has 0 heterocycles. The van der Waals surface area contributed by atoms with Crippen molar-refractivity contribution in [3.63, 3.8) is 0 Å². The zero-order chi connectivity index (χ0) is 15.7. The number of esters is 1. The highest BCUT2D eigenvalue weighted by Crippen LogP contribution is 2.21. The summed E-state index contributed by atoms with van der Waals surface area (Å²) < 4.78 is 28.7. The number of ether oxygens (including phenoxy) is 3. The van der Waals surface area contributed by atoms with Crippen molar-refractivity contribution in [1.29, 1.82) is 0 Å². The van der Waals surface area contributed by atoms with Crippen molar-refractivity contribution >= 4 is 5.97 Å². The van der Waals surface area contributed by atoms with Gasteiger partial charge in [0.05, 0.1) is 13.2 Å². The van der Waals surface area contributed by atoms with Crippen LogP contribution in [0, 0.1) is 5.82 Å². The van der Waals surface area contributed by atoms with Crippen LogP contribution < -0.4 is 10.1 Å². The van der Waals surface area contributed by atoms with Crippen molar-refractivity contribution in [2.24, 2.45) is 0 Å². The maximum Gasteiger partial charge on any atom is 0.347 e. The van der Waals surface area contributed by atoms with Crippen molar-refractivity contribution in [3.05, 3.63) is 29.6 Å². The Morgan fingerprint density at radius 1 is 1.43 bits per heavy atom. The quantitative estimate of drug-likeness (QED) is 0.557. The molecule has 0 saturated heterocycles. The lowest BCUT2D eigenvalue weighted by atomic mass is 10.2. The molecule has 6 heteroatoms. The van der Waals surface area contributed by atoms with Crippen LogP contribution in [-0.4, -0.2) is 38.9 Å². The Hall–Kier alpha value is -1.66. The normalized spacial score (nSPS) is 12.0. The standard InChI is InChI=1S/C15H22FNO4/c1-4-20-15(18)11(2)21-14-6-5-13(16)9-12(14)10-17-7-8-19-3/h5-6,9,11,17H,4,7-8,10H2,1-3H3. The van der Waals surface area contributed by atoms with Crippen LogP contribution >= 0.6 is 0 Å². The van der Waals surface area contributed by atoms with Gasteiger partial charge in [0.1, 0.15) is 11.6 Å². The second-order valence-electron chi connectivity index (χ2n) is 4.43. The van der Waals surface area contributed by atoms with Crippen molar-refractivity contribution in [3.8, 4) is 5.75 Å². The Bertz CT molecular complexity index is 453. The molecule has 0 saturated carbocycles. The molecule has 1 atom stereocenters. The zero-order valence-electron chi connectivity index (χ0n) is 12.6. The highest BCUT2D eigenvalue weighted by Gasteiger charge is 2.17. The van der Waals surface area contributed by atoms with E-state index in [4.69, 9.17) is 14.2 Å². The number of benzene rings is 1. The van der Waals surface area contributed by atoms with Gasteiger partial charge in [-0.3, -0.25) is 0 Å². The van der Waals surface area contributed by atoms with E-state index in [1.807, 2.05) is 0 Å². The van der Waals surface area contributed by atoms with Crippen LogP contribution in [-0.2, 0) is 20.8 Å². The molecule has 0 radical (unpaired) electrons. The van der Waals surface area contributed by atoms with Gasteiger partial charge < -0.3 is 19.5 Å². The Morgan fingerprint density at radius 3 is 2.86 bits per heavy atom. The molecule has 1 aromatic rings. The molecule has 118 valence electrons. The van der Waals surface area contributed by atoms with E-state index < -0.39 is 12.1 Å². The number of hydrogen-bond acceptors (Lipinski definition) is 5. The highest BCUT2D eigenvalue weighted by molar-refractivity contribution is 5.74. The molecular weight excluding hydrogens is 277 g/mol. The molecule has 0 aliphatic rings. The van der Waals surface area contributed by atoms with Crippen LogP contribution in [0.15, 0.2) is 18.2 Å². The van der Waals surface area contributed by atoms with Gasteiger partial charge in [-0.25, -0.2) is 9.18 Å². The van der Waals surface area contributed by atoms with E-state index in [2.05, 4.69) is 5.32 Å². The molecule has 0 aliphatic heterocycles. The minimum Gasteiger partial charge on any atom is -0.479 e. The average molecular weight is 299 g/mol. The number of hydrogen-bond donors (Lipinski definition) is 1. The predicted molar refractivity (Wildman–Crippen MR) is 76.7 cm³/mol. The maximum atomic E-state index is 13.3. The molecule has 0 bridgehead atoms. The van der Waals surface area contributed by atoms with E-state index in [9.17, 15) is 9.18 Å². The monoisotopic (exact) mass is 299 g/mol. The minimum atomic E-state index is -0.742. The van der Waals surface area contributed by atoms with Gasteiger partial charge in [0.25, 0.3) is 0 Å². The Morgan fingerprint density at radius 2 is 2.19 bits per heavy atom. The Balaban J connectivity index is 2.69. The molecule has 1 N–H and O–H groups in total. The van der Waals surface area contributed by atoms with Crippen molar-refractivity contribution < 1.29 is 23.4 Å². The van der Waals surface area contributed by atoms with Crippen molar-refractivity contribution in [1.82, 2.24) is 5.32 Å². The topological polar surface area (TPSA) is 56.8 Å². The van der Waals surface area contributed by atoms with Gasteiger partial charge >= 0.3 is 5.97 Å². The van der Waals surface area contributed by atoms with Crippen LogP contribution in [0.2, 0.25) is 0 Å². The summed E-state index contributed by atoms with van der Waals surface area (Å²) in [5, 5.41) is 3.11. The van der Waals surface area contributed by atoms with Gasteiger partial charge in [-0.15, -0.1) is 0 Å². The van der Waals surface area contributed by atoms with Gasteiger partial charge in [-0.05, 0) is 32.0 Å². The summed E-state index contributed by atoms with van der Waals surface area (Å²) in [6.07, 6.45) is -0.742. The molecule has 0 aromatic heterocycles. The van der Waals surface area contributed by atoms with Crippen molar-refractivity contribution in [2.75, 3.05) is 26.9 Å². The lowest BCUT2D eigenvalue weighted by molar-refractivity contribution is -0.150. The largest absolute Gasteiger partial charge is 0.479 e. The van der Waals surface area contributed by atoms with Crippen molar-refractivity contribution in [2.45, 2.75) is 26.5 Å². The first-order valence-electron chi connectivity index (χ1n) is 6.89. The molecule has 21 heavy (non-hydrogen) atoms. The van der Waals surface area contributed by atoms with Crippen LogP contribution in [0.1, 0.15) is 19.4 Å². The molecule has 0 aliphatic carbocycles. The van der Waals surface area contributed by atoms with Crippen LogP contribution in [0.5, 0.6) is 5.75 Å². The number of methoxy groups -OCH3 is 1. The minimum absolute atomic E-state index is 0.293. The van der Waals surface area contributed by atoms with E-state index in [-0.39, 0.29) is 5.82 Å². The summed E-state index contributed by atoms with van der Waals surface area (Å²) in [5.41, 5.74) is 0.641. The molecule has 0 fully saturated rings. The highest BCUT2D eigenvalue weighted by atomic mass is 19.1. The molecule has 1 unspecified atom stereocenters. The first-order valence-corrected chi connectivity index (χ1v) is 6.89. The molecule has 0 amide bonds. The summed E-state index contributed by atoms with van der Waals surface area (Å²) in [6, 6.07) is 4.19. The number of rotatable bonds is 9. The van der Waals surface area contributed by atoms with Gasteiger partial charge in [0.15, 0.2) is 6.10 Å². The smallest absolute Gasteiger partial charge is 0.347 e. The summed E-state index contributed by atoms with van der Waals surface area (Å²) in [5.74, 6) is -0.336. The Labute approximate surface area is 124 Å². The second kappa shape index (κ2) is 9.31. The summed E-state index contributed by atoms with van der Waals surface area (Å²) in [6.45, 7) is 5.25. The average Bonchev–Trinajstić information content (AvgIpc) is 2.46. The van der Waals surface area contributed by atoms with E-state index in [0.29, 0.717) is 37.6 Å². The first kappa shape index (κ1) is 17.4. The number of halogens is 1. The molecule has 0 spiro atoms. The summed E-state index contributed by atoms with van der Waals surface area (Å²) in [7, 11) is 1.61. The third kappa shape index (κ3) is 6.10. The molecule has 1 aromatic carbocycles. The molecule has 1 rings (SSSR count). The zero-order valence-corrected chi connectivity index (χ0v) is 12.6. The third-order valence-corrected chi connectivity index (χ3v) is 2.74. The fourth-order valence-corrected chi connectivity index (χ4v) is 1.70. The van der Waals surface area contributed by atoms with Gasteiger partial charge in [-0.2, -0.15) is 0 Å². The lowest BCUT2D eigenvalue weighted by Crippen LogP contribution is -2.27. The Kier molecular flexibility index (Phi) is 7.71. The number of carbonyl (C=O) groups excluding carboxylic acids is 1. The third-order valence-electron chi connectivity index (χ3n) is 2.74. The number of carbonyl (C=O) groups is 1. The van der Waals surface area contributed by atoms with E-state index in [1.165, 1.54) is 18.2 Å². The first-order chi connectivity index (χ1) is 10.1. The summed E-state index contributed by atoms with van der Waals surface area (Å²) >= 11 is 0. The van der Waals surface area contributed by atoms with E-state index >= 15 is 0 Å². The maximum absolute atomic E-state index is 13.3. The summed E-state index contributed by atoms with van der Waals surface area (Å²) in [4.78, 5) is 11.6.